The lowest BCUT2D eigenvalue weighted by Gasteiger charge is -2.24. The van der Waals surface area contributed by atoms with Crippen LogP contribution in [0.25, 0.3) is 16.5 Å². The van der Waals surface area contributed by atoms with E-state index in [4.69, 9.17) is 11.2 Å². The van der Waals surface area contributed by atoms with Crippen LogP contribution in [0.4, 0.5) is 4.79 Å². The molecule has 0 aliphatic heterocycles. The van der Waals surface area contributed by atoms with Gasteiger partial charge < -0.3 is 10.1 Å². The SMILES string of the molecule is C#Cc1cccc2cc([C@H](C)NC(=O)OC(C)(C)C)n(-c3ccccc3)c(=O)c12. The number of carbonyl (C=O) groups is 1. The topological polar surface area (TPSA) is 60.3 Å². The molecule has 1 N–H and O–H groups in total. The summed E-state index contributed by atoms with van der Waals surface area (Å²) in [5.74, 6) is 2.59. The Kier molecular flexibility index (Phi) is 5.47. The van der Waals surface area contributed by atoms with Gasteiger partial charge in [-0.15, -0.1) is 6.42 Å². The molecule has 3 rings (SSSR count). The number of ether oxygens (including phenoxy) is 1. The van der Waals surface area contributed by atoms with Gasteiger partial charge in [0, 0.05) is 16.9 Å². The van der Waals surface area contributed by atoms with Gasteiger partial charge in [-0.25, -0.2) is 4.79 Å². The van der Waals surface area contributed by atoms with Crippen LogP contribution in [0.1, 0.15) is 45.0 Å². The quantitative estimate of drug-likeness (QED) is 0.669. The molecule has 1 aromatic heterocycles. The van der Waals surface area contributed by atoms with Crippen LogP contribution in [0.5, 0.6) is 0 Å². The second-order valence-corrected chi connectivity index (χ2v) is 7.83. The van der Waals surface area contributed by atoms with Crippen LogP contribution in [0.2, 0.25) is 0 Å². The van der Waals surface area contributed by atoms with Crippen molar-refractivity contribution < 1.29 is 9.53 Å². The normalized spacial score (nSPS) is 12.2. The third-order valence-electron chi connectivity index (χ3n) is 4.42. The van der Waals surface area contributed by atoms with E-state index in [9.17, 15) is 9.59 Å². The van der Waals surface area contributed by atoms with Crippen molar-refractivity contribution in [1.29, 1.82) is 0 Å². The molecule has 1 amide bonds. The van der Waals surface area contributed by atoms with Crippen molar-refractivity contribution in [3.63, 3.8) is 0 Å². The molecule has 0 saturated heterocycles. The summed E-state index contributed by atoms with van der Waals surface area (Å²) in [5, 5.41) is 4.03. The molecule has 5 heteroatoms. The number of fused-ring (bicyclic) bond motifs is 1. The molecule has 1 heterocycles. The van der Waals surface area contributed by atoms with Crippen LogP contribution in [-0.2, 0) is 4.74 Å². The molecule has 0 unspecified atom stereocenters. The van der Waals surface area contributed by atoms with E-state index in [1.165, 1.54) is 0 Å². The highest BCUT2D eigenvalue weighted by atomic mass is 16.6. The molecule has 3 aromatic rings. The molecule has 0 fully saturated rings. The molecule has 0 aliphatic rings. The number of hydrogen-bond donors (Lipinski definition) is 1. The van der Waals surface area contributed by atoms with Gasteiger partial charge >= 0.3 is 6.09 Å². The van der Waals surface area contributed by atoms with Crippen LogP contribution in [0.15, 0.2) is 59.4 Å². The van der Waals surface area contributed by atoms with Crippen molar-refractivity contribution in [1.82, 2.24) is 9.88 Å². The number of hydrogen-bond acceptors (Lipinski definition) is 3. The van der Waals surface area contributed by atoms with E-state index in [2.05, 4.69) is 11.2 Å². The molecule has 148 valence electrons. The van der Waals surface area contributed by atoms with Crippen molar-refractivity contribution in [3.8, 4) is 18.0 Å². The van der Waals surface area contributed by atoms with E-state index in [1.807, 2.05) is 55.5 Å². The van der Waals surface area contributed by atoms with Crippen LogP contribution < -0.4 is 10.9 Å². The number of pyridine rings is 1. The Bertz CT molecular complexity index is 1150. The Morgan fingerprint density at radius 2 is 1.83 bits per heavy atom. The van der Waals surface area contributed by atoms with Crippen LogP contribution in [0.3, 0.4) is 0 Å². The largest absolute Gasteiger partial charge is 0.444 e. The molecular formula is C24H24N2O3. The first-order chi connectivity index (χ1) is 13.7. The maximum atomic E-state index is 13.5. The predicted octanol–water partition coefficient (Wildman–Crippen LogP) is 4.56. The number of aromatic nitrogens is 1. The van der Waals surface area contributed by atoms with Crippen LogP contribution in [-0.4, -0.2) is 16.3 Å². The van der Waals surface area contributed by atoms with Crippen molar-refractivity contribution >= 4 is 16.9 Å². The zero-order valence-corrected chi connectivity index (χ0v) is 17.0. The first kappa shape index (κ1) is 20.2. The van der Waals surface area contributed by atoms with Crippen LogP contribution >= 0.6 is 0 Å². The molecule has 0 saturated carbocycles. The van der Waals surface area contributed by atoms with Crippen molar-refractivity contribution in [2.75, 3.05) is 0 Å². The lowest BCUT2D eigenvalue weighted by molar-refractivity contribution is 0.0506. The fraction of sp³-hybridized carbons (Fsp3) is 0.250. The number of alkyl carbamates (subject to hydrolysis) is 1. The summed E-state index contributed by atoms with van der Waals surface area (Å²) in [5.41, 5.74) is 1.02. The zero-order chi connectivity index (χ0) is 21.2. The average molecular weight is 388 g/mol. The number of para-hydroxylation sites is 1. The van der Waals surface area contributed by atoms with Gasteiger partial charge in [0.05, 0.1) is 11.4 Å². The smallest absolute Gasteiger partial charge is 0.408 e. The highest BCUT2D eigenvalue weighted by molar-refractivity contribution is 5.88. The number of amides is 1. The number of carbonyl (C=O) groups excluding carboxylic acids is 1. The number of nitrogens with zero attached hydrogens (tertiary/aromatic N) is 1. The van der Waals surface area contributed by atoms with E-state index in [1.54, 1.807) is 31.4 Å². The second-order valence-electron chi connectivity index (χ2n) is 7.83. The standard InChI is InChI=1S/C24H24N2O3/c1-6-17-11-10-12-18-15-20(16(2)25-23(28)29-24(3,4)5)26(22(27)21(17)18)19-13-8-7-9-14-19/h1,7-16H,2-5H3,(H,25,28)/t16-/m0/s1. The van der Waals surface area contributed by atoms with Gasteiger partial charge in [0.1, 0.15) is 5.60 Å². The lowest BCUT2D eigenvalue weighted by Crippen LogP contribution is -2.36. The fourth-order valence-electron chi connectivity index (χ4n) is 3.22. The highest BCUT2D eigenvalue weighted by Gasteiger charge is 2.22. The third kappa shape index (κ3) is 4.33. The minimum atomic E-state index is -0.617. The molecule has 2 aromatic carbocycles. The molecule has 0 aliphatic carbocycles. The monoisotopic (exact) mass is 388 g/mol. The van der Waals surface area contributed by atoms with Gasteiger partial charge in [-0.1, -0.05) is 36.3 Å². The van der Waals surface area contributed by atoms with Gasteiger partial charge in [0.15, 0.2) is 0 Å². The summed E-state index contributed by atoms with van der Waals surface area (Å²) in [4.78, 5) is 25.8. The average Bonchev–Trinajstić information content (AvgIpc) is 2.66. The van der Waals surface area contributed by atoms with Gasteiger partial charge in [-0.2, -0.15) is 0 Å². The molecule has 5 nitrogen and oxygen atoms in total. The Morgan fingerprint density at radius 3 is 2.45 bits per heavy atom. The van der Waals surface area contributed by atoms with E-state index < -0.39 is 17.7 Å². The Labute approximate surface area is 170 Å². The lowest BCUT2D eigenvalue weighted by atomic mass is 10.0. The maximum Gasteiger partial charge on any atom is 0.408 e. The Morgan fingerprint density at radius 1 is 1.14 bits per heavy atom. The van der Waals surface area contributed by atoms with Crippen molar-refractivity contribution in [3.05, 3.63) is 76.2 Å². The molecule has 1 atom stereocenters. The van der Waals surface area contributed by atoms with E-state index >= 15 is 0 Å². The molecular weight excluding hydrogens is 364 g/mol. The molecule has 0 radical (unpaired) electrons. The van der Waals surface area contributed by atoms with Crippen molar-refractivity contribution in [2.45, 2.75) is 39.3 Å². The first-order valence-corrected chi connectivity index (χ1v) is 9.41. The minimum Gasteiger partial charge on any atom is -0.444 e. The van der Waals surface area contributed by atoms with E-state index in [0.717, 1.165) is 5.39 Å². The summed E-state index contributed by atoms with van der Waals surface area (Å²) in [6.07, 6.45) is 5.08. The third-order valence-corrected chi connectivity index (χ3v) is 4.42. The summed E-state index contributed by atoms with van der Waals surface area (Å²) in [6.45, 7) is 7.21. The number of terminal acetylenes is 1. The fourth-order valence-corrected chi connectivity index (χ4v) is 3.22. The van der Waals surface area contributed by atoms with Crippen molar-refractivity contribution in [2.24, 2.45) is 0 Å². The summed E-state index contributed by atoms with van der Waals surface area (Å²) >= 11 is 0. The highest BCUT2D eigenvalue weighted by Crippen LogP contribution is 2.23. The first-order valence-electron chi connectivity index (χ1n) is 9.41. The maximum absolute atomic E-state index is 13.5. The summed E-state index contributed by atoms with van der Waals surface area (Å²) < 4.78 is 6.95. The van der Waals surface area contributed by atoms with Gasteiger partial charge in [0.2, 0.25) is 0 Å². The van der Waals surface area contributed by atoms with Gasteiger partial charge in [0.25, 0.3) is 5.56 Å². The number of rotatable bonds is 3. The molecule has 29 heavy (non-hydrogen) atoms. The zero-order valence-electron chi connectivity index (χ0n) is 17.0. The Hall–Kier alpha value is -3.52. The van der Waals surface area contributed by atoms with Gasteiger partial charge in [-0.3, -0.25) is 9.36 Å². The van der Waals surface area contributed by atoms with E-state index in [-0.39, 0.29) is 5.56 Å². The predicted molar refractivity (Wildman–Crippen MR) is 115 cm³/mol. The number of nitrogens with one attached hydrogen (secondary N) is 1. The van der Waals surface area contributed by atoms with Gasteiger partial charge in [-0.05, 0) is 57.3 Å². The van der Waals surface area contributed by atoms with E-state index in [0.29, 0.717) is 22.3 Å². The minimum absolute atomic E-state index is 0.227. The summed E-state index contributed by atoms with van der Waals surface area (Å²) in [7, 11) is 0. The molecule has 0 spiro atoms. The molecule has 0 bridgehead atoms. The number of benzene rings is 2. The summed E-state index contributed by atoms with van der Waals surface area (Å²) in [6, 6.07) is 16.1. The Balaban J connectivity index is 2.19. The second kappa shape index (κ2) is 7.84. The van der Waals surface area contributed by atoms with Crippen LogP contribution in [0, 0.1) is 12.3 Å².